The summed E-state index contributed by atoms with van der Waals surface area (Å²) in [7, 11) is 0. The van der Waals surface area contributed by atoms with E-state index in [0.717, 1.165) is 25.1 Å². The molecule has 0 radical (unpaired) electrons. The second-order valence-corrected chi connectivity index (χ2v) is 3.54. The van der Waals surface area contributed by atoms with E-state index < -0.39 is 0 Å². The normalized spacial score (nSPS) is 16.8. The molecule has 1 nitrogen and oxygen atoms in total. The molecule has 0 spiro atoms. The molecular formula is C12H19N. The maximum atomic E-state index is 4.46. The van der Waals surface area contributed by atoms with E-state index in [1.54, 1.807) is 0 Å². The van der Waals surface area contributed by atoms with Crippen molar-refractivity contribution in [2.45, 2.75) is 51.9 Å². The minimum absolute atomic E-state index is 0.998. The van der Waals surface area contributed by atoms with Gasteiger partial charge >= 0.3 is 0 Å². The summed E-state index contributed by atoms with van der Waals surface area (Å²) >= 11 is 0. The van der Waals surface area contributed by atoms with Crippen LogP contribution in [0.3, 0.4) is 0 Å². The molecule has 0 saturated heterocycles. The van der Waals surface area contributed by atoms with E-state index in [-0.39, 0.29) is 0 Å². The van der Waals surface area contributed by atoms with Gasteiger partial charge in [-0.15, -0.1) is 0 Å². The van der Waals surface area contributed by atoms with Crippen LogP contribution in [0.25, 0.3) is 0 Å². The molecule has 1 heteroatoms. The topological polar surface area (TPSA) is 12.4 Å². The fraction of sp³-hybridized carbons (Fsp3) is 0.750. The summed E-state index contributed by atoms with van der Waals surface area (Å²) in [5, 5.41) is 0. The van der Waals surface area contributed by atoms with Crippen LogP contribution in [0.1, 0.15) is 51.9 Å². The van der Waals surface area contributed by atoms with Crippen LogP contribution in [0.4, 0.5) is 0 Å². The number of unbranched alkanes of at least 4 members (excludes halogenated alkanes) is 2. The molecule has 0 unspecified atom stereocenters. The molecule has 1 rings (SSSR count). The molecule has 0 aromatic rings. The summed E-state index contributed by atoms with van der Waals surface area (Å²) in [5.41, 5.74) is 1.15. The van der Waals surface area contributed by atoms with Gasteiger partial charge in [0.1, 0.15) is 0 Å². The summed E-state index contributed by atoms with van der Waals surface area (Å²) < 4.78 is 0. The van der Waals surface area contributed by atoms with Crippen molar-refractivity contribution < 1.29 is 0 Å². The van der Waals surface area contributed by atoms with Crippen molar-refractivity contribution in [2.24, 2.45) is 4.99 Å². The zero-order valence-electron chi connectivity index (χ0n) is 8.60. The average Bonchev–Trinajstić information content (AvgIpc) is 2.41. The van der Waals surface area contributed by atoms with Gasteiger partial charge in [-0.25, -0.2) is 0 Å². The Hall–Kier alpha value is -0.770. The Morgan fingerprint density at radius 2 is 2.23 bits per heavy atom. The van der Waals surface area contributed by atoms with Gasteiger partial charge < -0.3 is 0 Å². The molecule has 1 heterocycles. The molecule has 13 heavy (non-hydrogen) atoms. The molecule has 0 bridgehead atoms. The molecule has 0 N–H and O–H groups in total. The zero-order chi connectivity index (χ0) is 9.36. The first-order valence-corrected chi connectivity index (χ1v) is 5.45. The lowest BCUT2D eigenvalue weighted by atomic mass is 10.1. The molecule has 0 amide bonds. The predicted molar refractivity (Wildman–Crippen MR) is 58.1 cm³/mol. The van der Waals surface area contributed by atoms with Gasteiger partial charge in [0.05, 0.1) is 5.71 Å². The largest absolute Gasteiger partial charge is 0.281 e. The monoisotopic (exact) mass is 177 g/mol. The maximum Gasteiger partial charge on any atom is 0.0843 e. The molecule has 0 aromatic heterocycles. The fourth-order valence-corrected chi connectivity index (χ4v) is 1.41. The summed E-state index contributed by atoms with van der Waals surface area (Å²) in [4.78, 5) is 4.46. The van der Waals surface area contributed by atoms with E-state index in [0.29, 0.717) is 0 Å². The van der Waals surface area contributed by atoms with Crippen molar-refractivity contribution in [3.8, 4) is 11.8 Å². The molecule has 1 aliphatic rings. The van der Waals surface area contributed by atoms with E-state index in [1.165, 1.54) is 32.1 Å². The van der Waals surface area contributed by atoms with Gasteiger partial charge in [0.25, 0.3) is 0 Å². The summed E-state index contributed by atoms with van der Waals surface area (Å²) in [6.07, 6.45) is 8.46. The van der Waals surface area contributed by atoms with Gasteiger partial charge in [0.15, 0.2) is 0 Å². The van der Waals surface area contributed by atoms with Gasteiger partial charge in [-0.05, 0) is 25.7 Å². The summed E-state index contributed by atoms with van der Waals surface area (Å²) in [6, 6.07) is 0. The third-order valence-electron chi connectivity index (χ3n) is 2.26. The Bertz CT molecular complexity index is 217. The van der Waals surface area contributed by atoms with Crippen LogP contribution in [0.5, 0.6) is 0 Å². The van der Waals surface area contributed by atoms with Gasteiger partial charge in [0.2, 0.25) is 0 Å². The molecule has 0 atom stereocenters. The number of hydrogen-bond donors (Lipinski definition) is 0. The van der Waals surface area contributed by atoms with E-state index in [2.05, 4.69) is 23.8 Å². The minimum Gasteiger partial charge on any atom is -0.281 e. The highest BCUT2D eigenvalue weighted by Gasteiger charge is 1.99. The second kappa shape index (κ2) is 6.71. The quantitative estimate of drug-likeness (QED) is 0.454. The van der Waals surface area contributed by atoms with Crippen molar-refractivity contribution >= 4 is 5.71 Å². The lowest BCUT2D eigenvalue weighted by molar-refractivity contribution is 0.731. The first-order valence-electron chi connectivity index (χ1n) is 5.45. The SMILES string of the molecule is CCCCC#CC1=NCCCCC1. The Morgan fingerprint density at radius 3 is 3.08 bits per heavy atom. The Labute approximate surface area is 81.6 Å². The average molecular weight is 177 g/mol. The van der Waals surface area contributed by atoms with Gasteiger partial charge in [-0.1, -0.05) is 31.6 Å². The van der Waals surface area contributed by atoms with E-state index >= 15 is 0 Å². The highest BCUT2D eigenvalue weighted by molar-refractivity contribution is 6.00. The standard InChI is InChI=1S/C12H19N/c1-2-3-4-6-9-12-10-7-5-8-11-13-12/h2-5,7-8,10-11H2,1H3. The number of nitrogens with zero attached hydrogens (tertiary/aromatic N) is 1. The number of hydrogen-bond acceptors (Lipinski definition) is 1. The summed E-state index contributed by atoms with van der Waals surface area (Å²) in [6.45, 7) is 3.20. The highest BCUT2D eigenvalue weighted by atomic mass is 14.7. The zero-order valence-corrected chi connectivity index (χ0v) is 8.60. The van der Waals surface area contributed by atoms with Gasteiger partial charge in [0, 0.05) is 13.0 Å². The Balaban J connectivity index is 2.31. The first-order chi connectivity index (χ1) is 6.43. The van der Waals surface area contributed by atoms with Crippen LogP contribution in [0.15, 0.2) is 4.99 Å². The van der Waals surface area contributed by atoms with Crippen LogP contribution >= 0.6 is 0 Å². The maximum absolute atomic E-state index is 4.46. The lowest BCUT2D eigenvalue weighted by Gasteiger charge is -1.91. The molecular weight excluding hydrogens is 158 g/mol. The van der Waals surface area contributed by atoms with Crippen molar-refractivity contribution in [3.63, 3.8) is 0 Å². The Kier molecular flexibility index (Phi) is 5.33. The van der Waals surface area contributed by atoms with Crippen LogP contribution in [0, 0.1) is 11.8 Å². The van der Waals surface area contributed by atoms with Crippen LogP contribution in [-0.4, -0.2) is 12.3 Å². The van der Waals surface area contributed by atoms with Crippen LogP contribution < -0.4 is 0 Å². The third-order valence-corrected chi connectivity index (χ3v) is 2.26. The van der Waals surface area contributed by atoms with Gasteiger partial charge in [-0.3, -0.25) is 4.99 Å². The second-order valence-electron chi connectivity index (χ2n) is 3.54. The van der Waals surface area contributed by atoms with Crippen molar-refractivity contribution in [1.29, 1.82) is 0 Å². The fourth-order valence-electron chi connectivity index (χ4n) is 1.41. The highest BCUT2D eigenvalue weighted by Crippen LogP contribution is 2.06. The lowest BCUT2D eigenvalue weighted by Crippen LogP contribution is -1.92. The molecule has 0 fully saturated rings. The Morgan fingerprint density at radius 1 is 1.31 bits per heavy atom. The minimum atomic E-state index is 0.998. The van der Waals surface area contributed by atoms with Gasteiger partial charge in [-0.2, -0.15) is 0 Å². The van der Waals surface area contributed by atoms with Crippen LogP contribution in [0.2, 0.25) is 0 Å². The molecule has 0 aliphatic carbocycles. The number of aliphatic imine (C=N–C) groups is 1. The number of rotatable bonds is 2. The smallest absolute Gasteiger partial charge is 0.0843 e. The van der Waals surface area contributed by atoms with Crippen molar-refractivity contribution in [3.05, 3.63) is 0 Å². The summed E-state index contributed by atoms with van der Waals surface area (Å²) in [5.74, 6) is 6.40. The van der Waals surface area contributed by atoms with E-state index in [9.17, 15) is 0 Å². The molecule has 0 aromatic carbocycles. The molecule has 0 saturated carbocycles. The van der Waals surface area contributed by atoms with E-state index in [1.807, 2.05) is 0 Å². The first kappa shape index (κ1) is 10.3. The molecule has 1 aliphatic heterocycles. The third kappa shape index (κ3) is 4.72. The van der Waals surface area contributed by atoms with Crippen molar-refractivity contribution in [2.75, 3.05) is 6.54 Å². The van der Waals surface area contributed by atoms with E-state index in [4.69, 9.17) is 0 Å². The molecule has 72 valence electrons. The van der Waals surface area contributed by atoms with Crippen LogP contribution in [-0.2, 0) is 0 Å². The van der Waals surface area contributed by atoms with Crippen molar-refractivity contribution in [1.82, 2.24) is 0 Å². The predicted octanol–water partition coefficient (Wildman–Crippen LogP) is 3.20.